The molecule has 4 N–H and O–H groups in total. The highest BCUT2D eigenvalue weighted by Crippen LogP contribution is 1.96. The first kappa shape index (κ1) is 12.1. The zero-order chi connectivity index (χ0) is 10.5. The predicted octanol–water partition coefficient (Wildman–Crippen LogP) is -1.37. The maximum absolute atomic E-state index is 11.2. The number of nitrogens with one attached hydrogen (secondary N) is 2. The first-order valence-corrected chi connectivity index (χ1v) is 4.11. The largest absolute Gasteiger partial charge is 0.348 e. The van der Waals surface area contributed by atoms with Gasteiger partial charge < -0.3 is 16.4 Å². The molecule has 0 spiro atoms. The fourth-order valence-corrected chi connectivity index (χ4v) is 0.630. The highest BCUT2D eigenvalue weighted by molar-refractivity contribution is 5.92. The zero-order valence-corrected chi connectivity index (χ0v) is 8.31. The van der Waals surface area contributed by atoms with Crippen LogP contribution >= 0.6 is 0 Å². The smallest absolute Gasteiger partial charge is 0.234 e. The number of amides is 1. The van der Waals surface area contributed by atoms with E-state index >= 15 is 0 Å². The van der Waals surface area contributed by atoms with Gasteiger partial charge in [0.1, 0.15) is 0 Å². The second kappa shape index (κ2) is 4.94. The summed E-state index contributed by atoms with van der Waals surface area (Å²) in [5, 5.41) is 5.13. The van der Waals surface area contributed by atoms with Crippen LogP contribution in [0.15, 0.2) is 0 Å². The Morgan fingerprint density at radius 3 is 2.23 bits per heavy atom. The summed E-state index contributed by atoms with van der Waals surface area (Å²) in [7, 11) is 1.66. The van der Waals surface area contributed by atoms with E-state index in [0.29, 0.717) is 0 Å². The van der Waals surface area contributed by atoms with Crippen molar-refractivity contribution < 1.29 is 9.59 Å². The molecule has 76 valence electrons. The van der Waals surface area contributed by atoms with Crippen LogP contribution in [0.1, 0.15) is 13.8 Å². The zero-order valence-electron chi connectivity index (χ0n) is 8.31. The number of hydrogen-bond acceptors (Lipinski definition) is 4. The molecule has 0 atom stereocenters. The Hall–Kier alpha value is -0.940. The second-order valence-corrected chi connectivity index (χ2v) is 3.45. The van der Waals surface area contributed by atoms with Gasteiger partial charge >= 0.3 is 0 Å². The molecule has 0 radical (unpaired) electrons. The van der Waals surface area contributed by atoms with E-state index in [2.05, 4.69) is 10.6 Å². The van der Waals surface area contributed by atoms with Crippen LogP contribution in [-0.4, -0.2) is 37.4 Å². The van der Waals surface area contributed by atoms with Crippen LogP contribution in [0.25, 0.3) is 0 Å². The number of Topliss-reactive ketones (excluding diaryl/α,β-unsaturated/α-hetero) is 1. The van der Waals surface area contributed by atoms with E-state index in [0.717, 1.165) is 0 Å². The molecule has 5 nitrogen and oxygen atoms in total. The van der Waals surface area contributed by atoms with Gasteiger partial charge in [0, 0.05) is 0 Å². The fourth-order valence-electron chi connectivity index (χ4n) is 0.630. The van der Waals surface area contributed by atoms with Gasteiger partial charge in [0.25, 0.3) is 0 Å². The van der Waals surface area contributed by atoms with E-state index in [1.165, 1.54) is 0 Å². The van der Waals surface area contributed by atoms with Crippen molar-refractivity contribution in [2.75, 3.05) is 20.1 Å². The van der Waals surface area contributed by atoms with Gasteiger partial charge in [-0.05, 0) is 20.9 Å². The van der Waals surface area contributed by atoms with Crippen molar-refractivity contribution in [1.29, 1.82) is 0 Å². The molecular weight excluding hydrogens is 170 g/mol. The number of likely N-dealkylation sites (N-methyl/N-ethyl adjacent to an activating group) is 1. The van der Waals surface area contributed by atoms with Crippen molar-refractivity contribution in [2.45, 2.75) is 19.4 Å². The third-order valence-electron chi connectivity index (χ3n) is 1.50. The summed E-state index contributed by atoms with van der Waals surface area (Å²) in [6.07, 6.45) is 0. The summed E-state index contributed by atoms with van der Waals surface area (Å²) in [5.74, 6) is -0.392. The number of carbonyl (C=O) groups excluding carboxylic acids is 2. The average molecular weight is 187 g/mol. The lowest BCUT2D eigenvalue weighted by molar-refractivity contribution is -0.126. The maximum atomic E-state index is 11.2. The maximum Gasteiger partial charge on any atom is 0.234 e. The number of carbonyl (C=O) groups is 2. The summed E-state index contributed by atoms with van der Waals surface area (Å²) >= 11 is 0. The lowest BCUT2D eigenvalue weighted by Crippen LogP contribution is -2.48. The van der Waals surface area contributed by atoms with Crippen LogP contribution in [0.5, 0.6) is 0 Å². The van der Waals surface area contributed by atoms with Crippen molar-refractivity contribution in [2.24, 2.45) is 5.73 Å². The topological polar surface area (TPSA) is 84.2 Å². The van der Waals surface area contributed by atoms with Crippen molar-refractivity contribution in [3.05, 3.63) is 0 Å². The number of ketones is 1. The van der Waals surface area contributed by atoms with Gasteiger partial charge in [-0.1, -0.05) is 0 Å². The molecule has 0 aliphatic rings. The molecule has 0 aromatic rings. The third kappa shape index (κ3) is 5.32. The monoisotopic (exact) mass is 187 g/mol. The van der Waals surface area contributed by atoms with Gasteiger partial charge in [-0.3, -0.25) is 9.59 Å². The molecule has 0 heterocycles. The van der Waals surface area contributed by atoms with Crippen molar-refractivity contribution >= 4 is 11.7 Å². The van der Waals surface area contributed by atoms with E-state index < -0.39 is 5.54 Å². The van der Waals surface area contributed by atoms with Crippen LogP contribution in [0.4, 0.5) is 0 Å². The Kier molecular flexibility index (Phi) is 4.58. The molecular formula is C8H17N3O2. The molecule has 0 aliphatic heterocycles. The summed E-state index contributed by atoms with van der Waals surface area (Å²) in [6, 6.07) is 0. The molecule has 0 fully saturated rings. The molecule has 0 bridgehead atoms. The molecule has 13 heavy (non-hydrogen) atoms. The Morgan fingerprint density at radius 2 is 1.85 bits per heavy atom. The van der Waals surface area contributed by atoms with Crippen molar-refractivity contribution in [3.63, 3.8) is 0 Å². The highest BCUT2D eigenvalue weighted by Gasteiger charge is 2.21. The molecule has 1 amide bonds. The van der Waals surface area contributed by atoms with E-state index in [9.17, 15) is 9.59 Å². The van der Waals surface area contributed by atoms with Gasteiger partial charge in [-0.2, -0.15) is 0 Å². The third-order valence-corrected chi connectivity index (χ3v) is 1.50. The Bertz CT molecular complexity index is 196. The Morgan fingerprint density at radius 1 is 1.31 bits per heavy atom. The fraction of sp³-hybridized carbons (Fsp3) is 0.750. The quantitative estimate of drug-likeness (QED) is 0.495. The first-order chi connectivity index (χ1) is 5.88. The summed E-state index contributed by atoms with van der Waals surface area (Å²) in [5.41, 5.74) is 4.64. The van der Waals surface area contributed by atoms with Crippen molar-refractivity contribution in [1.82, 2.24) is 10.6 Å². The molecule has 0 rings (SSSR count). The lowest BCUT2D eigenvalue weighted by Gasteiger charge is -2.16. The van der Waals surface area contributed by atoms with Gasteiger partial charge in [0.05, 0.1) is 18.6 Å². The number of rotatable bonds is 5. The molecule has 5 heteroatoms. The second-order valence-electron chi connectivity index (χ2n) is 3.45. The minimum Gasteiger partial charge on any atom is -0.348 e. The molecule has 0 aromatic carbocycles. The average Bonchev–Trinajstić information content (AvgIpc) is 1.99. The predicted molar refractivity (Wildman–Crippen MR) is 50.2 cm³/mol. The summed E-state index contributed by atoms with van der Waals surface area (Å²) < 4.78 is 0. The Labute approximate surface area is 78.1 Å². The van der Waals surface area contributed by atoms with Crippen LogP contribution < -0.4 is 16.4 Å². The standard InChI is InChI=1S/C8H17N3O2/c1-8(2,9)6(12)4-11-7(13)5-10-3/h10H,4-5,9H2,1-3H3,(H,11,13). The summed E-state index contributed by atoms with van der Waals surface area (Å²) in [6.45, 7) is 3.42. The van der Waals surface area contributed by atoms with E-state index in [1.807, 2.05) is 0 Å². The van der Waals surface area contributed by atoms with E-state index in [4.69, 9.17) is 5.73 Å². The van der Waals surface area contributed by atoms with Gasteiger partial charge in [0.15, 0.2) is 5.78 Å². The van der Waals surface area contributed by atoms with Crippen molar-refractivity contribution in [3.8, 4) is 0 Å². The van der Waals surface area contributed by atoms with E-state index in [-0.39, 0.29) is 24.8 Å². The Balaban J connectivity index is 3.77. The molecule has 0 unspecified atom stereocenters. The van der Waals surface area contributed by atoms with Crippen LogP contribution in [0.3, 0.4) is 0 Å². The molecule has 0 saturated heterocycles. The molecule has 0 saturated carbocycles. The number of hydrogen-bond donors (Lipinski definition) is 3. The normalized spacial score (nSPS) is 11.1. The first-order valence-electron chi connectivity index (χ1n) is 4.11. The van der Waals surface area contributed by atoms with Crippen LogP contribution in [-0.2, 0) is 9.59 Å². The van der Waals surface area contributed by atoms with Gasteiger partial charge in [-0.15, -0.1) is 0 Å². The molecule has 0 aromatic heterocycles. The summed E-state index contributed by atoms with van der Waals surface area (Å²) in [4.78, 5) is 22.1. The lowest BCUT2D eigenvalue weighted by atomic mass is 10.0. The van der Waals surface area contributed by atoms with Crippen LogP contribution in [0.2, 0.25) is 0 Å². The van der Waals surface area contributed by atoms with Gasteiger partial charge in [-0.25, -0.2) is 0 Å². The highest BCUT2D eigenvalue weighted by atomic mass is 16.2. The van der Waals surface area contributed by atoms with Crippen LogP contribution in [0, 0.1) is 0 Å². The van der Waals surface area contributed by atoms with E-state index in [1.54, 1.807) is 20.9 Å². The number of nitrogens with two attached hydrogens (primary N) is 1. The minimum atomic E-state index is -0.882. The SMILES string of the molecule is CNCC(=O)NCC(=O)C(C)(C)N. The minimum absolute atomic E-state index is 0.00991. The molecule has 0 aliphatic carbocycles. The van der Waals surface area contributed by atoms with Gasteiger partial charge in [0.2, 0.25) is 5.91 Å².